The van der Waals surface area contributed by atoms with E-state index in [1.807, 2.05) is 42.0 Å². The number of nitrogens with two attached hydrogens (primary N) is 1. The van der Waals surface area contributed by atoms with Crippen LogP contribution in [0.15, 0.2) is 65.6 Å². The highest BCUT2D eigenvalue weighted by Gasteiger charge is 2.21. The summed E-state index contributed by atoms with van der Waals surface area (Å²) in [6.45, 7) is 1.82. The van der Waals surface area contributed by atoms with Crippen LogP contribution in [0.5, 0.6) is 0 Å². The van der Waals surface area contributed by atoms with Gasteiger partial charge in [-0.3, -0.25) is 10.1 Å². The molecule has 0 saturated heterocycles. The van der Waals surface area contributed by atoms with Crippen LogP contribution < -0.4 is 15.8 Å². The number of sulfonamides is 1. The fourth-order valence-corrected chi connectivity index (χ4v) is 4.41. The molecule has 4 N–H and O–H groups in total. The van der Waals surface area contributed by atoms with Crippen LogP contribution >= 0.6 is 11.3 Å². The van der Waals surface area contributed by atoms with Crippen LogP contribution in [0, 0.1) is 6.92 Å². The van der Waals surface area contributed by atoms with Crippen LogP contribution in [0.4, 0.5) is 9.80 Å². The average Bonchev–Trinajstić information content (AvgIpc) is 3.06. The van der Waals surface area contributed by atoms with Crippen molar-refractivity contribution in [1.29, 1.82) is 0 Å². The molecule has 9 heteroatoms. The molecule has 144 valence electrons. The van der Waals surface area contributed by atoms with E-state index in [-0.39, 0.29) is 15.5 Å². The summed E-state index contributed by atoms with van der Waals surface area (Å²) in [4.78, 5) is 24.6. The summed E-state index contributed by atoms with van der Waals surface area (Å²) < 4.78 is 26.6. The Morgan fingerprint density at radius 2 is 1.64 bits per heavy atom. The highest BCUT2D eigenvalue weighted by atomic mass is 32.2. The molecular weight excluding hydrogens is 398 g/mol. The maximum Gasteiger partial charge on any atom is 0.333 e. The number of rotatable bonds is 5. The predicted octanol–water partition coefficient (Wildman–Crippen LogP) is 3.33. The second-order valence-electron chi connectivity index (χ2n) is 5.96. The van der Waals surface area contributed by atoms with Gasteiger partial charge in [0.25, 0.3) is 15.9 Å². The van der Waals surface area contributed by atoms with Gasteiger partial charge >= 0.3 is 6.03 Å². The highest BCUT2D eigenvalue weighted by Crippen LogP contribution is 2.35. The van der Waals surface area contributed by atoms with Crippen molar-refractivity contribution >= 4 is 38.3 Å². The van der Waals surface area contributed by atoms with Gasteiger partial charge in [0.15, 0.2) is 0 Å². The van der Waals surface area contributed by atoms with Gasteiger partial charge in [-0.2, -0.15) is 0 Å². The number of amides is 3. The number of benzene rings is 2. The Morgan fingerprint density at radius 1 is 1.00 bits per heavy atom. The molecule has 0 unspecified atom stereocenters. The Bertz CT molecular complexity index is 1120. The molecule has 0 spiro atoms. The number of hydrogen-bond donors (Lipinski definition) is 3. The van der Waals surface area contributed by atoms with E-state index in [0.717, 1.165) is 22.5 Å². The fraction of sp³-hybridized carbons (Fsp3) is 0.0526. The van der Waals surface area contributed by atoms with E-state index < -0.39 is 22.0 Å². The summed E-state index contributed by atoms with van der Waals surface area (Å²) in [5.41, 5.74) is 7.23. The van der Waals surface area contributed by atoms with Crippen molar-refractivity contribution in [1.82, 2.24) is 4.72 Å². The monoisotopic (exact) mass is 415 g/mol. The number of hydrogen-bond acceptors (Lipinski definition) is 5. The summed E-state index contributed by atoms with van der Waals surface area (Å²) in [5.74, 6) is -0.727. The van der Waals surface area contributed by atoms with E-state index in [4.69, 9.17) is 5.73 Å². The number of carbonyl (C=O) groups excluding carboxylic acids is 2. The van der Waals surface area contributed by atoms with Gasteiger partial charge in [-0.15, -0.1) is 11.3 Å². The molecule has 3 rings (SSSR count). The third-order valence-electron chi connectivity index (χ3n) is 3.84. The zero-order valence-electron chi connectivity index (χ0n) is 14.8. The van der Waals surface area contributed by atoms with E-state index in [9.17, 15) is 18.0 Å². The summed E-state index contributed by atoms with van der Waals surface area (Å²) in [6, 6.07) is 15.9. The summed E-state index contributed by atoms with van der Waals surface area (Å²) in [6.07, 6.45) is 0. The first-order chi connectivity index (χ1) is 13.3. The standard InChI is InChI=1S/C19H17N3O4S2/c1-12-7-9-14(10-8-12)28(25,26)22-19(24)21-18-15(17(20)23)11-16(27-18)13-5-3-2-4-6-13/h2-11H,1H3,(H2,20,23)(H2,21,22,24). The molecule has 0 aliphatic carbocycles. The number of primary amides is 1. The minimum absolute atomic E-state index is 0.0421. The molecule has 0 fully saturated rings. The molecule has 28 heavy (non-hydrogen) atoms. The lowest BCUT2D eigenvalue weighted by Crippen LogP contribution is -2.34. The molecule has 0 radical (unpaired) electrons. The first-order valence-corrected chi connectivity index (χ1v) is 10.5. The predicted molar refractivity (Wildman–Crippen MR) is 109 cm³/mol. The summed E-state index contributed by atoms with van der Waals surface area (Å²) in [7, 11) is -4.05. The van der Waals surface area contributed by atoms with Gasteiger partial charge in [-0.05, 0) is 30.7 Å². The van der Waals surface area contributed by atoms with E-state index in [1.54, 1.807) is 18.2 Å². The van der Waals surface area contributed by atoms with Crippen molar-refractivity contribution in [3.8, 4) is 10.4 Å². The molecule has 0 aliphatic rings. The molecule has 1 aromatic heterocycles. The van der Waals surface area contributed by atoms with Gasteiger partial charge in [0.05, 0.1) is 10.5 Å². The Kier molecular flexibility index (Phi) is 5.48. The van der Waals surface area contributed by atoms with Crippen molar-refractivity contribution in [3.63, 3.8) is 0 Å². The zero-order valence-corrected chi connectivity index (χ0v) is 16.4. The number of thiophene rings is 1. The molecule has 7 nitrogen and oxygen atoms in total. The van der Waals surface area contributed by atoms with Crippen molar-refractivity contribution in [2.75, 3.05) is 5.32 Å². The molecular formula is C19H17N3O4S2. The maximum atomic E-state index is 12.3. The average molecular weight is 415 g/mol. The lowest BCUT2D eigenvalue weighted by atomic mass is 10.1. The SMILES string of the molecule is Cc1ccc(S(=O)(=O)NC(=O)Nc2sc(-c3ccccc3)cc2C(N)=O)cc1. The fourth-order valence-electron chi connectivity index (χ4n) is 2.44. The van der Waals surface area contributed by atoms with Crippen LogP contribution in [-0.2, 0) is 10.0 Å². The Morgan fingerprint density at radius 3 is 2.25 bits per heavy atom. The van der Waals surface area contributed by atoms with Crippen molar-refractivity contribution in [2.45, 2.75) is 11.8 Å². The smallest absolute Gasteiger partial charge is 0.333 e. The van der Waals surface area contributed by atoms with Crippen molar-refractivity contribution in [3.05, 3.63) is 71.8 Å². The maximum absolute atomic E-state index is 12.3. The van der Waals surface area contributed by atoms with Crippen LogP contribution in [-0.4, -0.2) is 20.4 Å². The minimum atomic E-state index is -4.05. The van der Waals surface area contributed by atoms with Crippen molar-refractivity contribution < 1.29 is 18.0 Å². The van der Waals surface area contributed by atoms with Gasteiger partial charge < -0.3 is 5.73 Å². The van der Waals surface area contributed by atoms with Crippen molar-refractivity contribution in [2.24, 2.45) is 5.73 Å². The second kappa shape index (κ2) is 7.83. The number of urea groups is 1. The van der Waals surface area contributed by atoms with Crippen LogP contribution in [0.2, 0.25) is 0 Å². The normalized spacial score (nSPS) is 11.0. The van der Waals surface area contributed by atoms with Gasteiger partial charge in [-0.1, -0.05) is 48.0 Å². The molecule has 0 bridgehead atoms. The molecule has 0 saturated carbocycles. The topological polar surface area (TPSA) is 118 Å². The highest BCUT2D eigenvalue weighted by molar-refractivity contribution is 7.90. The zero-order chi connectivity index (χ0) is 20.3. The van der Waals surface area contributed by atoms with Gasteiger partial charge in [0.1, 0.15) is 5.00 Å². The second-order valence-corrected chi connectivity index (χ2v) is 8.69. The van der Waals surface area contributed by atoms with Crippen LogP contribution in [0.1, 0.15) is 15.9 Å². The van der Waals surface area contributed by atoms with Gasteiger partial charge in [-0.25, -0.2) is 17.9 Å². The number of carbonyl (C=O) groups is 2. The number of nitrogens with one attached hydrogen (secondary N) is 2. The molecule has 3 amide bonds. The van der Waals surface area contributed by atoms with E-state index >= 15 is 0 Å². The molecule has 2 aromatic carbocycles. The molecule has 1 heterocycles. The van der Waals surface area contributed by atoms with Gasteiger partial charge in [0, 0.05) is 4.88 Å². The molecule has 3 aromatic rings. The third kappa shape index (κ3) is 4.38. The Balaban J connectivity index is 1.82. The first-order valence-electron chi connectivity index (χ1n) is 8.16. The van der Waals surface area contributed by atoms with E-state index in [2.05, 4.69) is 5.32 Å². The number of aryl methyl sites for hydroxylation is 1. The minimum Gasteiger partial charge on any atom is -0.366 e. The van der Waals surface area contributed by atoms with Crippen LogP contribution in [0.25, 0.3) is 10.4 Å². The largest absolute Gasteiger partial charge is 0.366 e. The van der Waals surface area contributed by atoms with E-state index in [0.29, 0.717) is 4.88 Å². The van der Waals surface area contributed by atoms with E-state index in [1.165, 1.54) is 12.1 Å². The summed E-state index contributed by atoms with van der Waals surface area (Å²) in [5, 5.41) is 2.58. The Hall–Kier alpha value is -3.17. The Labute approximate surface area is 166 Å². The van der Waals surface area contributed by atoms with Gasteiger partial charge in [0.2, 0.25) is 0 Å². The summed E-state index contributed by atoms with van der Waals surface area (Å²) >= 11 is 1.13. The number of anilines is 1. The lowest BCUT2D eigenvalue weighted by Gasteiger charge is -2.08. The first kappa shape index (κ1) is 19.6. The lowest BCUT2D eigenvalue weighted by molar-refractivity contribution is 0.100. The molecule has 0 aliphatic heterocycles. The molecule has 0 atom stereocenters. The quantitative estimate of drug-likeness (QED) is 0.592. The third-order valence-corrected chi connectivity index (χ3v) is 6.29. The van der Waals surface area contributed by atoms with Crippen LogP contribution in [0.3, 0.4) is 0 Å².